The number of nitrogens with zero attached hydrogens (tertiary/aromatic N) is 3. The predicted octanol–water partition coefficient (Wildman–Crippen LogP) is 4.08. The molecule has 4 aromatic rings. The first-order valence-electron chi connectivity index (χ1n) is 9.18. The molecule has 0 aliphatic rings. The molecule has 0 aliphatic heterocycles. The second kappa shape index (κ2) is 8.30. The first-order valence-corrected chi connectivity index (χ1v) is 10.1. The molecule has 0 amide bonds. The third-order valence-electron chi connectivity index (χ3n) is 4.46. The van der Waals surface area contributed by atoms with Crippen molar-refractivity contribution in [3.05, 3.63) is 81.6 Å². The van der Waals surface area contributed by atoms with Crippen LogP contribution < -0.4 is 5.56 Å². The zero-order chi connectivity index (χ0) is 21.1. The van der Waals surface area contributed by atoms with Crippen LogP contribution in [0.3, 0.4) is 0 Å². The van der Waals surface area contributed by atoms with E-state index in [0.717, 1.165) is 0 Å². The maximum absolute atomic E-state index is 13.1. The van der Waals surface area contributed by atoms with E-state index >= 15 is 0 Å². The summed E-state index contributed by atoms with van der Waals surface area (Å²) in [6, 6.07) is 13.3. The number of fused-ring (bicyclic) bond motifs is 1. The lowest BCUT2D eigenvalue weighted by Gasteiger charge is -2.14. The van der Waals surface area contributed by atoms with Crippen molar-refractivity contribution in [3.63, 3.8) is 0 Å². The van der Waals surface area contributed by atoms with Gasteiger partial charge in [0.25, 0.3) is 5.56 Å². The van der Waals surface area contributed by atoms with E-state index in [-0.39, 0.29) is 18.0 Å². The van der Waals surface area contributed by atoms with E-state index in [1.807, 2.05) is 0 Å². The van der Waals surface area contributed by atoms with Gasteiger partial charge in [0.1, 0.15) is 0 Å². The number of benzene rings is 2. The van der Waals surface area contributed by atoms with Crippen LogP contribution in [0.5, 0.6) is 5.88 Å². The van der Waals surface area contributed by atoms with E-state index in [9.17, 15) is 14.7 Å². The van der Waals surface area contributed by atoms with E-state index in [0.29, 0.717) is 32.7 Å². The van der Waals surface area contributed by atoms with Crippen molar-refractivity contribution in [3.8, 4) is 11.6 Å². The molecule has 2 heterocycles. The van der Waals surface area contributed by atoms with Gasteiger partial charge in [0, 0.05) is 28.6 Å². The lowest BCUT2D eigenvalue weighted by molar-refractivity contribution is 0.0526. The number of aromatic hydroxyl groups is 1. The van der Waals surface area contributed by atoms with Gasteiger partial charge in [-0.05, 0) is 37.3 Å². The van der Waals surface area contributed by atoms with Crippen LogP contribution >= 0.6 is 11.3 Å². The van der Waals surface area contributed by atoms with Crippen molar-refractivity contribution in [2.45, 2.75) is 6.92 Å². The van der Waals surface area contributed by atoms with E-state index in [2.05, 4.69) is 9.98 Å². The van der Waals surface area contributed by atoms with Gasteiger partial charge in [0.15, 0.2) is 0 Å². The first-order chi connectivity index (χ1) is 14.6. The minimum atomic E-state index is -0.449. The highest BCUT2D eigenvalue weighted by atomic mass is 32.1. The summed E-state index contributed by atoms with van der Waals surface area (Å²) in [6.07, 6.45) is 3.14. The SMILES string of the molecule is CCOC(=O)c1ccc(-n2c(O)c(C=Nc3nccs3)c3ccccc3c2=O)cc1. The molecule has 0 unspecified atom stereocenters. The van der Waals surface area contributed by atoms with Crippen molar-refractivity contribution in [1.29, 1.82) is 0 Å². The third-order valence-corrected chi connectivity index (χ3v) is 5.14. The molecule has 2 aromatic carbocycles. The van der Waals surface area contributed by atoms with Gasteiger partial charge in [-0.1, -0.05) is 18.2 Å². The molecule has 1 N–H and O–H groups in total. The van der Waals surface area contributed by atoms with Crippen molar-refractivity contribution in [1.82, 2.24) is 9.55 Å². The molecule has 0 saturated carbocycles. The average molecular weight is 419 g/mol. The second-order valence-corrected chi connectivity index (χ2v) is 7.14. The van der Waals surface area contributed by atoms with Gasteiger partial charge in [-0.3, -0.25) is 4.79 Å². The summed E-state index contributed by atoms with van der Waals surface area (Å²) in [7, 11) is 0. The van der Waals surface area contributed by atoms with Crippen LogP contribution in [0.1, 0.15) is 22.8 Å². The number of carbonyl (C=O) groups is 1. The van der Waals surface area contributed by atoms with Crippen LogP contribution in [-0.2, 0) is 4.74 Å². The number of esters is 1. The zero-order valence-corrected chi connectivity index (χ0v) is 16.8. The highest BCUT2D eigenvalue weighted by Crippen LogP contribution is 2.27. The summed E-state index contributed by atoms with van der Waals surface area (Å²) in [5.41, 5.74) is 0.799. The van der Waals surface area contributed by atoms with E-state index in [4.69, 9.17) is 4.74 Å². The quantitative estimate of drug-likeness (QED) is 0.389. The number of carbonyl (C=O) groups excluding carboxylic acids is 1. The summed E-state index contributed by atoms with van der Waals surface area (Å²) < 4.78 is 6.18. The lowest BCUT2D eigenvalue weighted by Crippen LogP contribution is -2.20. The fraction of sp³-hybridized carbons (Fsp3) is 0.0909. The maximum atomic E-state index is 13.1. The number of rotatable bonds is 5. The third kappa shape index (κ3) is 3.60. The Morgan fingerprint density at radius 2 is 1.93 bits per heavy atom. The normalized spacial score (nSPS) is 11.2. The number of hydrogen-bond acceptors (Lipinski definition) is 7. The Labute approximate surface area is 175 Å². The van der Waals surface area contributed by atoms with Crippen molar-refractivity contribution >= 4 is 39.4 Å². The van der Waals surface area contributed by atoms with Gasteiger partial charge >= 0.3 is 5.97 Å². The smallest absolute Gasteiger partial charge is 0.338 e. The summed E-state index contributed by atoms with van der Waals surface area (Å²) in [6.45, 7) is 2.00. The maximum Gasteiger partial charge on any atom is 0.338 e. The van der Waals surface area contributed by atoms with Gasteiger partial charge < -0.3 is 9.84 Å². The molecule has 7 nitrogen and oxygen atoms in total. The molecule has 0 atom stereocenters. The average Bonchev–Trinajstić information content (AvgIpc) is 3.28. The van der Waals surface area contributed by atoms with Gasteiger partial charge in [-0.15, -0.1) is 11.3 Å². The summed E-state index contributed by atoms with van der Waals surface area (Å²) in [4.78, 5) is 33.4. The first kappa shape index (κ1) is 19.5. The number of pyridine rings is 1. The molecule has 0 saturated heterocycles. The van der Waals surface area contributed by atoms with Crippen LogP contribution in [-0.4, -0.2) is 33.4 Å². The number of ether oxygens (including phenoxy) is 1. The number of aromatic nitrogens is 2. The summed E-state index contributed by atoms with van der Waals surface area (Å²) in [5, 5.41) is 14.3. The van der Waals surface area contributed by atoms with Crippen LogP contribution in [0.25, 0.3) is 16.5 Å². The Balaban J connectivity index is 1.88. The van der Waals surface area contributed by atoms with E-state index < -0.39 is 5.97 Å². The molecule has 0 aliphatic carbocycles. The Hall–Kier alpha value is -3.78. The van der Waals surface area contributed by atoms with Crippen LogP contribution in [0.2, 0.25) is 0 Å². The highest BCUT2D eigenvalue weighted by Gasteiger charge is 2.17. The molecule has 8 heteroatoms. The highest BCUT2D eigenvalue weighted by molar-refractivity contribution is 7.13. The van der Waals surface area contributed by atoms with Crippen LogP contribution in [0, 0.1) is 0 Å². The van der Waals surface area contributed by atoms with E-state index in [1.54, 1.807) is 67.0 Å². The molecule has 4 rings (SSSR count). The molecule has 0 fully saturated rings. The van der Waals surface area contributed by atoms with Crippen molar-refractivity contribution < 1.29 is 14.6 Å². The summed E-state index contributed by atoms with van der Waals surface area (Å²) in [5.74, 6) is -0.696. The number of thiazole rings is 1. The fourth-order valence-corrected chi connectivity index (χ4v) is 3.57. The van der Waals surface area contributed by atoms with Gasteiger partial charge in [-0.2, -0.15) is 0 Å². The molecule has 0 bridgehead atoms. The topological polar surface area (TPSA) is 93.8 Å². The van der Waals surface area contributed by atoms with Crippen molar-refractivity contribution in [2.24, 2.45) is 4.99 Å². The minimum absolute atomic E-state index is 0.247. The minimum Gasteiger partial charge on any atom is -0.494 e. The fourth-order valence-electron chi connectivity index (χ4n) is 3.09. The largest absolute Gasteiger partial charge is 0.494 e. The van der Waals surface area contributed by atoms with Gasteiger partial charge in [0.05, 0.1) is 23.4 Å². The lowest BCUT2D eigenvalue weighted by atomic mass is 10.1. The van der Waals surface area contributed by atoms with Crippen LogP contribution in [0.15, 0.2) is 69.9 Å². The Kier molecular flexibility index (Phi) is 5.40. The Bertz CT molecular complexity index is 1290. The van der Waals surface area contributed by atoms with E-state index in [1.165, 1.54) is 22.1 Å². The monoisotopic (exact) mass is 419 g/mol. The molecular weight excluding hydrogens is 402 g/mol. The predicted molar refractivity (Wildman–Crippen MR) is 117 cm³/mol. The van der Waals surface area contributed by atoms with Crippen LogP contribution in [0.4, 0.5) is 5.13 Å². The van der Waals surface area contributed by atoms with Gasteiger partial charge in [0.2, 0.25) is 11.0 Å². The summed E-state index contributed by atoms with van der Waals surface area (Å²) >= 11 is 1.36. The van der Waals surface area contributed by atoms with Crippen molar-refractivity contribution in [2.75, 3.05) is 6.61 Å². The number of hydrogen-bond donors (Lipinski definition) is 1. The molecule has 150 valence electrons. The molecule has 0 spiro atoms. The van der Waals surface area contributed by atoms with Gasteiger partial charge in [-0.25, -0.2) is 19.3 Å². The number of aliphatic imine (C=N–C) groups is 1. The Morgan fingerprint density at radius 3 is 2.60 bits per heavy atom. The zero-order valence-electron chi connectivity index (χ0n) is 16.0. The molecule has 2 aromatic heterocycles. The molecule has 30 heavy (non-hydrogen) atoms. The second-order valence-electron chi connectivity index (χ2n) is 6.26. The Morgan fingerprint density at radius 1 is 1.20 bits per heavy atom. The standard InChI is InChI=1S/C22H17N3O4S/c1-2-29-21(28)14-7-9-15(10-8-14)25-19(26)17-6-4-3-5-16(17)18(20(25)27)13-24-22-23-11-12-30-22/h3-13,27H,2H2,1H3. The molecular formula is C22H17N3O4S. The molecule has 0 radical (unpaired) electrons.